The number of hydrogen-bond acceptors (Lipinski definition) is 4. The van der Waals surface area contributed by atoms with Gasteiger partial charge in [0.1, 0.15) is 5.78 Å². The van der Waals surface area contributed by atoms with Crippen molar-refractivity contribution in [2.24, 2.45) is 4.99 Å². The molecule has 0 bridgehead atoms. The predicted octanol–water partition coefficient (Wildman–Crippen LogP) is 1.12. The molecule has 0 radical (unpaired) electrons. The number of carbonyl (C=O) groups is 1. The Morgan fingerprint density at radius 2 is 2.24 bits per heavy atom. The summed E-state index contributed by atoms with van der Waals surface area (Å²) in [6, 6.07) is 0.213. The van der Waals surface area contributed by atoms with Crippen LogP contribution >= 0.6 is 11.8 Å². The second kappa shape index (κ2) is 5.87. The number of Topliss-reactive ketones (excluding diaryl/α,β-unsaturated/α-hetero) is 1. The molecule has 0 aromatic heterocycles. The van der Waals surface area contributed by atoms with E-state index < -0.39 is 0 Å². The van der Waals surface area contributed by atoms with Crippen LogP contribution in [0.3, 0.4) is 0 Å². The quantitative estimate of drug-likeness (QED) is 0.817. The molecule has 1 N–H and O–H groups in total. The Bertz CT molecular complexity index is 313. The second-order valence-electron chi connectivity index (χ2n) is 4.77. The number of rotatable bonds is 4. The standard InChI is InChI=1S/C12H21N3OS/c1-9-11(17-12(13-2)14-9)10(16)5-8-15-6-3-4-7-15/h9,11H,3-8H2,1-2H3,(H,13,14). The number of carbonyl (C=O) groups excluding carboxylic acids is 1. The van der Waals surface area contributed by atoms with Crippen molar-refractivity contribution in [1.29, 1.82) is 0 Å². The molecule has 17 heavy (non-hydrogen) atoms. The first-order valence-corrected chi connectivity index (χ1v) is 7.23. The molecule has 0 spiro atoms. The van der Waals surface area contributed by atoms with Crippen molar-refractivity contribution >= 4 is 22.7 Å². The van der Waals surface area contributed by atoms with Gasteiger partial charge in [0.15, 0.2) is 5.17 Å². The van der Waals surface area contributed by atoms with Crippen LogP contribution in [0, 0.1) is 0 Å². The first kappa shape index (κ1) is 12.9. The fourth-order valence-electron chi connectivity index (χ4n) is 2.41. The Kier molecular flexibility index (Phi) is 4.45. The van der Waals surface area contributed by atoms with E-state index in [1.807, 2.05) is 0 Å². The van der Waals surface area contributed by atoms with Gasteiger partial charge >= 0.3 is 0 Å². The second-order valence-corrected chi connectivity index (χ2v) is 5.90. The molecule has 5 heteroatoms. The topological polar surface area (TPSA) is 44.7 Å². The lowest BCUT2D eigenvalue weighted by Crippen LogP contribution is -2.34. The van der Waals surface area contributed by atoms with Gasteiger partial charge in [-0.2, -0.15) is 0 Å². The van der Waals surface area contributed by atoms with Crippen molar-refractivity contribution in [3.63, 3.8) is 0 Å². The Balaban J connectivity index is 1.79. The molecule has 0 aromatic rings. The smallest absolute Gasteiger partial charge is 0.157 e. The van der Waals surface area contributed by atoms with Gasteiger partial charge in [0.25, 0.3) is 0 Å². The maximum Gasteiger partial charge on any atom is 0.157 e. The van der Waals surface area contributed by atoms with E-state index in [2.05, 4.69) is 22.1 Å². The Hall–Kier alpha value is -0.550. The number of nitrogens with zero attached hydrogens (tertiary/aromatic N) is 2. The van der Waals surface area contributed by atoms with Gasteiger partial charge in [-0.3, -0.25) is 9.79 Å². The molecular weight excluding hydrogens is 234 g/mol. The number of ketones is 1. The number of hydrogen-bond donors (Lipinski definition) is 1. The molecule has 2 aliphatic heterocycles. The predicted molar refractivity (Wildman–Crippen MR) is 72.6 cm³/mol. The summed E-state index contributed by atoms with van der Waals surface area (Å²) >= 11 is 1.58. The summed E-state index contributed by atoms with van der Waals surface area (Å²) < 4.78 is 0. The molecule has 2 fully saturated rings. The highest BCUT2D eigenvalue weighted by Crippen LogP contribution is 2.25. The fourth-order valence-corrected chi connectivity index (χ4v) is 3.53. The molecule has 2 rings (SSSR count). The van der Waals surface area contributed by atoms with E-state index in [1.54, 1.807) is 18.8 Å². The van der Waals surface area contributed by atoms with Crippen LogP contribution < -0.4 is 5.32 Å². The highest BCUT2D eigenvalue weighted by atomic mass is 32.2. The molecule has 2 unspecified atom stereocenters. The van der Waals surface area contributed by atoms with E-state index in [0.29, 0.717) is 12.2 Å². The van der Waals surface area contributed by atoms with Gasteiger partial charge < -0.3 is 10.2 Å². The van der Waals surface area contributed by atoms with Crippen molar-refractivity contribution in [3.05, 3.63) is 0 Å². The third-order valence-electron chi connectivity index (χ3n) is 3.44. The SMILES string of the molecule is CN=C1NC(C)C(C(=O)CCN2CCCC2)S1. The molecule has 2 saturated heterocycles. The number of likely N-dealkylation sites (tertiary alicyclic amines) is 1. The highest BCUT2D eigenvalue weighted by Gasteiger charge is 2.33. The van der Waals surface area contributed by atoms with E-state index in [1.165, 1.54) is 25.9 Å². The molecular formula is C12H21N3OS. The Morgan fingerprint density at radius 1 is 1.53 bits per heavy atom. The van der Waals surface area contributed by atoms with Crippen LogP contribution in [0.25, 0.3) is 0 Å². The Labute approximate surface area is 107 Å². The van der Waals surface area contributed by atoms with Gasteiger partial charge in [-0.15, -0.1) is 0 Å². The van der Waals surface area contributed by atoms with Gasteiger partial charge in [-0.1, -0.05) is 11.8 Å². The van der Waals surface area contributed by atoms with Crippen molar-refractivity contribution in [2.75, 3.05) is 26.7 Å². The number of thioether (sulfide) groups is 1. The highest BCUT2D eigenvalue weighted by molar-refractivity contribution is 8.15. The summed E-state index contributed by atoms with van der Waals surface area (Å²) in [6.07, 6.45) is 3.26. The van der Waals surface area contributed by atoms with E-state index in [4.69, 9.17) is 0 Å². The van der Waals surface area contributed by atoms with Crippen LogP contribution in [0.5, 0.6) is 0 Å². The third-order valence-corrected chi connectivity index (χ3v) is 4.89. The van der Waals surface area contributed by atoms with Crippen LogP contribution in [0.15, 0.2) is 4.99 Å². The molecule has 0 aromatic carbocycles. The molecule has 0 aliphatic carbocycles. The third kappa shape index (κ3) is 3.22. The summed E-state index contributed by atoms with van der Waals surface area (Å²) in [6.45, 7) is 5.33. The Morgan fingerprint density at radius 3 is 2.82 bits per heavy atom. The lowest BCUT2D eigenvalue weighted by atomic mass is 10.1. The van der Waals surface area contributed by atoms with Crippen LogP contribution in [-0.4, -0.2) is 53.8 Å². The molecule has 2 atom stereocenters. The van der Waals surface area contributed by atoms with Gasteiger partial charge in [0.05, 0.1) is 5.25 Å². The summed E-state index contributed by atoms with van der Waals surface area (Å²) in [4.78, 5) is 18.6. The summed E-state index contributed by atoms with van der Waals surface area (Å²) in [5.74, 6) is 0.362. The van der Waals surface area contributed by atoms with Gasteiger partial charge in [-0.05, 0) is 32.9 Å². The average molecular weight is 255 g/mol. The lowest BCUT2D eigenvalue weighted by molar-refractivity contribution is -0.119. The molecule has 4 nitrogen and oxygen atoms in total. The maximum absolute atomic E-state index is 12.1. The first-order chi connectivity index (χ1) is 8.20. The minimum absolute atomic E-state index is 0.0521. The molecule has 2 heterocycles. The maximum atomic E-state index is 12.1. The zero-order valence-electron chi connectivity index (χ0n) is 10.6. The summed E-state index contributed by atoms with van der Waals surface area (Å²) in [5.41, 5.74) is 0. The van der Waals surface area contributed by atoms with Crippen LogP contribution in [0.4, 0.5) is 0 Å². The minimum Gasteiger partial charge on any atom is -0.361 e. The molecule has 0 amide bonds. The minimum atomic E-state index is 0.0521. The number of amidine groups is 1. The van der Waals surface area contributed by atoms with E-state index in [9.17, 15) is 4.79 Å². The van der Waals surface area contributed by atoms with Gasteiger partial charge in [0, 0.05) is 26.1 Å². The van der Waals surface area contributed by atoms with Crippen LogP contribution in [-0.2, 0) is 4.79 Å². The van der Waals surface area contributed by atoms with E-state index >= 15 is 0 Å². The van der Waals surface area contributed by atoms with Crippen molar-refractivity contribution < 1.29 is 4.79 Å². The van der Waals surface area contributed by atoms with Crippen LogP contribution in [0.1, 0.15) is 26.2 Å². The fraction of sp³-hybridized carbons (Fsp3) is 0.833. The zero-order valence-corrected chi connectivity index (χ0v) is 11.4. The van der Waals surface area contributed by atoms with E-state index in [-0.39, 0.29) is 11.3 Å². The summed E-state index contributed by atoms with van der Waals surface area (Å²) in [5, 5.41) is 4.19. The number of nitrogens with one attached hydrogen (secondary N) is 1. The first-order valence-electron chi connectivity index (χ1n) is 6.36. The van der Waals surface area contributed by atoms with Crippen LogP contribution in [0.2, 0.25) is 0 Å². The summed E-state index contributed by atoms with van der Waals surface area (Å²) in [7, 11) is 1.76. The van der Waals surface area contributed by atoms with E-state index in [0.717, 1.165) is 11.7 Å². The zero-order chi connectivity index (χ0) is 12.3. The molecule has 96 valence electrons. The molecule has 2 aliphatic rings. The van der Waals surface area contributed by atoms with Crippen molar-refractivity contribution in [1.82, 2.24) is 10.2 Å². The normalized spacial score (nSPS) is 32.0. The monoisotopic (exact) mass is 255 g/mol. The van der Waals surface area contributed by atoms with Crippen molar-refractivity contribution in [3.8, 4) is 0 Å². The van der Waals surface area contributed by atoms with Crippen molar-refractivity contribution in [2.45, 2.75) is 37.5 Å². The molecule has 0 saturated carbocycles. The number of aliphatic imine (C=N–C) groups is 1. The average Bonchev–Trinajstić information content (AvgIpc) is 2.94. The largest absolute Gasteiger partial charge is 0.361 e. The van der Waals surface area contributed by atoms with Gasteiger partial charge in [0.2, 0.25) is 0 Å². The lowest BCUT2D eigenvalue weighted by Gasteiger charge is -2.16. The van der Waals surface area contributed by atoms with Gasteiger partial charge in [-0.25, -0.2) is 0 Å².